The Morgan fingerprint density at radius 2 is 1.33 bits per heavy atom. The summed E-state index contributed by atoms with van der Waals surface area (Å²) in [7, 11) is 0. The standard InChI is InChI=1S/C5H8O2.2C5H5.Fe/c1-3-5(6)7-4-2;2*1-2-4-5-3-1;/h3H,1,4H2,2H3;2*1-5H;. The molecule has 0 N–H and O–H groups in total. The number of fused-ring (bicyclic) bond motifs is 10. The van der Waals surface area contributed by atoms with Crippen LogP contribution in [0.1, 0.15) is 6.92 Å². The summed E-state index contributed by atoms with van der Waals surface area (Å²) in [5, 5.41) is 0. The molecule has 10 fully saturated rings. The summed E-state index contributed by atoms with van der Waals surface area (Å²) in [6.07, 6.45) is 1.14. The van der Waals surface area contributed by atoms with Gasteiger partial charge in [0, 0.05) is 6.08 Å². The fraction of sp³-hybridized carbons (Fsp3) is 0.800. The van der Waals surface area contributed by atoms with Gasteiger partial charge in [0.1, 0.15) is 0 Å². The van der Waals surface area contributed by atoms with Crippen molar-refractivity contribution in [1.82, 2.24) is 0 Å². The first kappa shape index (κ1) is 7.50. The fourth-order valence-electron chi connectivity index (χ4n) is 16.0. The third-order valence-corrected chi connectivity index (χ3v) is 56.9. The van der Waals surface area contributed by atoms with E-state index in [1.165, 1.54) is 0 Å². The van der Waals surface area contributed by atoms with Crippen molar-refractivity contribution < 1.29 is 16.0 Å². The van der Waals surface area contributed by atoms with Gasteiger partial charge in [-0.05, 0) is 6.92 Å². The second-order valence-corrected chi connectivity index (χ2v) is 34.5. The quantitative estimate of drug-likeness (QED) is 0.434. The van der Waals surface area contributed by atoms with Crippen LogP contribution in [0, 0.1) is 0 Å². The predicted octanol–water partition coefficient (Wildman–Crippen LogP) is 4.11. The fourth-order valence-corrected chi connectivity index (χ4v) is 88.2. The Balaban J connectivity index is 0.0000000885. The summed E-state index contributed by atoms with van der Waals surface area (Å²) in [5.74, 6) is -0.359. The zero-order valence-electron chi connectivity index (χ0n) is 10.4. The Hall–Kier alpha value is -0.271. The summed E-state index contributed by atoms with van der Waals surface area (Å²) >= 11 is 0. The molecule has 0 atom stereocenters. The third-order valence-electron chi connectivity index (χ3n) is 15.0. The molecule has 0 amide bonds. The van der Waals surface area contributed by atoms with Crippen molar-refractivity contribution >= 4 is 5.97 Å². The SMILES string of the molecule is C=CC(=O)OCC.[CH]12[CH]3[CH]4[CH]5[CH]1[Fe]23451678[CH]2[CH]1[CH]6[CH]7[CH]28. The average molecular weight is 286 g/mol. The zero-order chi connectivity index (χ0) is 11.8. The van der Waals surface area contributed by atoms with Crippen LogP contribution >= 0.6 is 0 Å². The van der Waals surface area contributed by atoms with E-state index in [0.29, 0.717) is 6.61 Å². The van der Waals surface area contributed by atoms with Crippen LogP contribution in [0.2, 0.25) is 48.2 Å². The van der Waals surface area contributed by atoms with E-state index in [0.717, 1.165) is 6.08 Å². The van der Waals surface area contributed by atoms with E-state index < -0.39 is 6.51 Å². The topological polar surface area (TPSA) is 26.3 Å². The summed E-state index contributed by atoms with van der Waals surface area (Å²) in [5.41, 5.74) is 0. The minimum absolute atomic E-state index is 0.359. The first-order valence-electron chi connectivity index (χ1n) is 7.48. The average Bonchev–Trinajstić information content (AvgIpc) is 3.30. The van der Waals surface area contributed by atoms with E-state index >= 15 is 0 Å². The van der Waals surface area contributed by atoms with Crippen LogP contribution in [0.5, 0.6) is 0 Å². The number of rotatable bonds is 2. The van der Waals surface area contributed by atoms with Gasteiger partial charge in [-0.15, -0.1) is 0 Å². The minimum atomic E-state index is -2.28. The van der Waals surface area contributed by atoms with Crippen molar-refractivity contribution in [2.75, 3.05) is 6.61 Å². The zero-order valence-corrected chi connectivity index (χ0v) is 11.5. The Morgan fingerprint density at radius 3 is 1.39 bits per heavy atom. The normalized spacial score (nSPS) is 107. The molecule has 0 aromatic heterocycles. The molecule has 10 saturated heterocycles. The Kier molecular flexibility index (Phi) is 0.264. The van der Waals surface area contributed by atoms with E-state index in [-0.39, 0.29) is 5.97 Å². The Bertz CT molecular complexity index is 747. The molecular weight excluding hydrogens is 268 g/mol. The van der Waals surface area contributed by atoms with Crippen molar-refractivity contribution in [2.45, 2.75) is 55.1 Å². The van der Waals surface area contributed by atoms with Crippen molar-refractivity contribution in [3.63, 3.8) is 0 Å². The predicted molar refractivity (Wildman–Crippen MR) is 64.3 cm³/mol. The van der Waals surface area contributed by atoms with Crippen LogP contribution in [0.25, 0.3) is 0 Å². The first-order valence-corrected chi connectivity index (χ1v) is 13.9. The van der Waals surface area contributed by atoms with E-state index in [9.17, 15) is 4.79 Å². The Morgan fingerprint density at radius 1 is 1.00 bits per heavy atom. The van der Waals surface area contributed by atoms with Gasteiger partial charge in [-0.2, -0.15) is 0 Å². The van der Waals surface area contributed by atoms with Gasteiger partial charge in [0.05, 0.1) is 6.61 Å². The maximum absolute atomic E-state index is 10.1. The number of carbonyl (C=O) groups excluding carboxylic acids is 1. The summed E-state index contributed by atoms with van der Waals surface area (Å²) in [6.45, 7) is 3.09. The van der Waals surface area contributed by atoms with Crippen molar-refractivity contribution in [2.24, 2.45) is 0 Å². The third kappa shape index (κ3) is 0.0814. The van der Waals surface area contributed by atoms with Gasteiger partial charge in [0.15, 0.2) is 0 Å². The van der Waals surface area contributed by atoms with Crippen molar-refractivity contribution in [3.8, 4) is 0 Å². The molecule has 10 rings (SSSR count). The van der Waals surface area contributed by atoms with E-state index in [1.807, 2.05) is 0 Å². The molecule has 0 aromatic rings. The van der Waals surface area contributed by atoms with Crippen LogP contribution in [0.15, 0.2) is 12.7 Å². The van der Waals surface area contributed by atoms with Crippen molar-refractivity contribution in [1.29, 1.82) is 0 Å². The first-order chi connectivity index (χ1) is 8.47. The molecule has 0 aliphatic carbocycles. The molecule has 0 bridgehead atoms. The van der Waals surface area contributed by atoms with Crippen molar-refractivity contribution in [3.05, 3.63) is 12.7 Å². The van der Waals surface area contributed by atoms with Crippen LogP contribution in [0.3, 0.4) is 0 Å². The summed E-state index contributed by atoms with van der Waals surface area (Å²) in [4.78, 5) is 26.0. The molecule has 10 heterocycles. The molecular formula is C15H18FeO2. The van der Waals surface area contributed by atoms with Gasteiger partial charge in [0.2, 0.25) is 0 Å². The molecule has 0 saturated carbocycles. The Labute approximate surface area is 96.4 Å². The van der Waals surface area contributed by atoms with Gasteiger partial charge in [-0.1, -0.05) is 6.58 Å². The monoisotopic (exact) mass is 286 g/mol. The molecule has 0 unspecified atom stereocenters. The number of esters is 1. The van der Waals surface area contributed by atoms with Crippen LogP contribution < -0.4 is 0 Å². The maximum atomic E-state index is 10.1. The molecule has 1 spiro atoms. The molecule has 18 heavy (non-hydrogen) atoms. The number of ether oxygens (including phenoxy) is 1. The van der Waals surface area contributed by atoms with Gasteiger partial charge in [-0.3, -0.25) is 0 Å². The molecule has 98 valence electrons. The molecule has 0 radical (unpaired) electrons. The summed E-state index contributed by atoms with van der Waals surface area (Å²) < 4.78 is 4.43. The molecule has 10 aliphatic rings. The van der Waals surface area contributed by atoms with Crippen LogP contribution in [-0.2, 0) is 16.0 Å². The van der Waals surface area contributed by atoms with E-state index in [1.54, 1.807) is 55.1 Å². The number of hydrogen-bond acceptors (Lipinski definition) is 2. The number of carbonyl (C=O) groups is 1. The second-order valence-electron chi connectivity index (χ2n) is 10.5. The van der Waals surface area contributed by atoms with Gasteiger partial charge in [0.25, 0.3) is 0 Å². The van der Waals surface area contributed by atoms with Gasteiger partial charge >= 0.3 is 60.6 Å². The molecule has 2 nitrogen and oxygen atoms in total. The van der Waals surface area contributed by atoms with E-state index in [2.05, 4.69) is 11.3 Å². The second kappa shape index (κ2) is 0.635. The molecule has 10 aliphatic heterocycles. The van der Waals surface area contributed by atoms with Gasteiger partial charge < -0.3 is 4.74 Å². The van der Waals surface area contributed by atoms with Crippen LogP contribution in [-0.4, -0.2) is 12.6 Å². The van der Waals surface area contributed by atoms with E-state index in [4.69, 9.17) is 0 Å². The van der Waals surface area contributed by atoms with Crippen LogP contribution in [0.4, 0.5) is 0 Å². The van der Waals surface area contributed by atoms with Gasteiger partial charge in [-0.25, -0.2) is 4.79 Å². The molecule has 0 aromatic carbocycles. The number of hydrogen-bond donors (Lipinski definition) is 0. The molecule has 3 heteroatoms. The summed E-state index contributed by atoms with van der Waals surface area (Å²) in [6, 6.07) is 0.